The van der Waals surface area contributed by atoms with Crippen LogP contribution in [-0.4, -0.2) is 23.4 Å². The highest BCUT2D eigenvalue weighted by atomic mass is 79.9. The maximum atomic E-state index is 11.5. The summed E-state index contributed by atoms with van der Waals surface area (Å²) in [7, 11) is 0. The molecular weight excluding hydrogens is 501 g/mol. The van der Waals surface area contributed by atoms with Crippen molar-refractivity contribution in [2.45, 2.75) is 13.5 Å². The van der Waals surface area contributed by atoms with E-state index < -0.39 is 5.97 Å². The third-order valence-electron chi connectivity index (χ3n) is 3.39. The monoisotopic (exact) mass is 515 g/mol. The van der Waals surface area contributed by atoms with E-state index in [-0.39, 0.29) is 18.9 Å². The maximum absolute atomic E-state index is 11.5. The summed E-state index contributed by atoms with van der Waals surface area (Å²) in [6.07, 6.45) is 1.82. The minimum atomic E-state index is -1.17. The van der Waals surface area contributed by atoms with E-state index in [1.54, 1.807) is 43.3 Å². The van der Waals surface area contributed by atoms with Gasteiger partial charge in [0.25, 0.3) is 0 Å². The molecule has 2 rings (SSSR count). The normalized spacial score (nSPS) is 11.0. The van der Waals surface area contributed by atoms with Gasteiger partial charge in [0.15, 0.2) is 5.71 Å². The Morgan fingerprint density at radius 2 is 2.00 bits per heavy atom. The van der Waals surface area contributed by atoms with Gasteiger partial charge < -0.3 is 14.7 Å². The van der Waals surface area contributed by atoms with Crippen LogP contribution in [0.15, 0.2) is 51.0 Å². The van der Waals surface area contributed by atoms with Gasteiger partial charge in [0.1, 0.15) is 19.0 Å². The zero-order valence-corrected chi connectivity index (χ0v) is 18.2. The summed E-state index contributed by atoms with van der Waals surface area (Å²) in [5.41, 5.74) is 1.76. The van der Waals surface area contributed by atoms with Crippen LogP contribution in [0.3, 0.4) is 0 Å². The lowest BCUT2D eigenvalue weighted by atomic mass is 10.0. The molecule has 0 radical (unpaired) electrons. The fourth-order valence-corrected chi connectivity index (χ4v) is 2.92. The molecule has 0 saturated heterocycles. The average molecular weight is 518 g/mol. The highest BCUT2D eigenvalue weighted by molar-refractivity contribution is 9.28. The molecule has 27 heavy (non-hydrogen) atoms. The molecule has 0 aliphatic rings. The largest absolute Gasteiger partial charge is 0.489 e. The number of rotatable bonds is 8. The van der Waals surface area contributed by atoms with Crippen LogP contribution in [-0.2, 0) is 16.2 Å². The van der Waals surface area contributed by atoms with Gasteiger partial charge in [-0.3, -0.25) is 0 Å². The Hall–Kier alpha value is -1.83. The lowest BCUT2D eigenvalue weighted by Crippen LogP contribution is -2.18. The molecule has 2 aromatic carbocycles. The summed E-state index contributed by atoms with van der Waals surface area (Å²) in [5.74, 6) is -0.605. The van der Waals surface area contributed by atoms with E-state index >= 15 is 0 Å². The first-order valence-corrected chi connectivity index (χ1v) is 9.85. The van der Waals surface area contributed by atoms with E-state index in [0.717, 1.165) is 8.96 Å². The van der Waals surface area contributed by atoms with Gasteiger partial charge >= 0.3 is 5.97 Å². The predicted molar refractivity (Wildman–Crippen MR) is 114 cm³/mol. The second-order valence-corrected chi connectivity index (χ2v) is 8.41. The standard InChI is InChI=1S/C19H16Br2ClNO4/c1-2-27-23-18(19(24)25)15-6-4-3-5-13(15)11-26-14-8-7-12(9-17(20)21)16(22)10-14/h3-10H,2,11H2,1H3,(H,24,25). The molecule has 0 heterocycles. The van der Waals surface area contributed by atoms with Crippen LogP contribution in [0, 0.1) is 0 Å². The van der Waals surface area contributed by atoms with Gasteiger partial charge in [-0.05, 0) is 74.2 Å². The zero-order chi connectivity index (χ0) is 19.8. The molecule has 8 heteroatoms. The molecule has 0 atom stereocenters. The van der Waals surface area contributed by atoms with Crippen molar-refractivity contribution in [1.29, 1.82) is 0 Å². The van der Waals surface area contributed by atoms with E-state index in [1.807, 2.05) is 12.1 Å². The van der Waals surface area contributed by atoms with Gasteiger partial charge in [0, 0.05) is 5.56 Å². The van der Waals surface area contributed by atoms with E-state index in [9.17, 15) is 9.90 Å². The summed E-state index contributed by atoms with van der Waals surface area (Å²) >= 11 is 12.8. The minimum absolute atomic E-state index is 0.155. The topological polar surface area (TPSA) is 68.1 Å². The third-order valence-corrected chi connectivity index (χ3v) is 4.18. The number of halogens is 3. The Morgan fingerprint density at radius 1 is 1.26 bits per heavy atom. The van der Waals surface area contributed by atoms with Crippen molar-refractivity contribution >= 4 is 61.2 Å². The number of carboxylic acids is 1. The maximum Gasteiger partial charge on any atom is 0.358 e. The van der Waals surface area contributed by atoms with E-state index in [1.165, 1.54) is 0 Å². The van der Waals surface area contributed by atoms with Gasteiger partial charge in [-0.25, -0.2) is 4.79 Å². The molecule has 0 aromatic heterocycles. The summed E-state index contributed by atoms with van der Waals surface area (Å²) in [6, 6.07) is 12.3. The van der Waals surface area contributed by atoms with E-state index in [2.05, 4.69) is 37.0 Å². The van der Waals surface area contributed by atoms with Gasteiger partial charge in [0.2, 0.25) is 0 Å². The summed E-state index contributed by atoms with van der Waals surface area (Å²) < 4.78 is 6.56. The van der Waals surface area contributed by atoms with Crippen molar-refractivity contribution in [3.63, 3.8) is 0 Å². The number of ether oxygens (including phenoxy) is 1. The number of nitrogens with zero attached hydrogens (tertiary/aromatic N) is 1. The third kappa shape index (κ3) is 6.37. The number of aliphatic carboxylic acids is 1. The van der Waals surface area contributed by atoms with Crippen LogP contribution in [0.25, 0.3) is 6.08 Å². The predicted octanol–water partition coefficient (Wildman–Crippen LogP) is 5.83. The molecule has 0 unspecified atom stereocenters. The molecule has 1 N–H and O–H groups in total. The summed E-state index contributed by atoms with van der Waals surface area (Å²) in [4.78, 5) is 16.4. The van der Waals surface area contributed by atoms with Gasteiger partial charge in [-0.15, -0.1) is 0 Å². The lowest BCUT2D eigenvalue weighted by molar-refractivity contribution is -0.129. The lowest BCUT2D eigenvalue weighted by Gasteiger charge is -2.12. The number of carbonyl (C=O) groups is 1. The molecule has 0 bridgehead atoms. The summed E-state index contributed by atoms with van der Waals surface area (Å²) in [6.45, 7) is 2.16. The van der Waals surface area contributed by atoms with Crippen LogP contribution in [0.4, 0.5) is 0 Å². The van der Waals surface area contributed by atoms with Crippen molar-refractivity contribution in [2.24, 2.45) is 5.16 Å². The number of hydrogen-bond donors (Lipinski definition) is 1. The van der Waals surface area contributed by atoms with Crippen LogP contribution in [0.2, 0.25) is 5.02 Å². The molecule has 5 nitrogen and oxygen atoms in total. The first-order chi connectivity index (χ1) is 12.9. The van der Waals surface area contributed by atoms with Crippen molar-refractivity contribution < 1.29 is 19.5 Å². The fraction of sp³-hybridized carbons (Fsp3) is 0.158. The molecule has 0 aliphatic heterocycles. The highest BCUT2D eigenvalue weighted by Crippen LogP contribution is 2.28. The molecule has 0 amide bonds. The minimum Gasteiger partial charge on any atom is -0.489 e. The molecule has 0 fully saturated rings. The van der Waals surface area contributed by atoms with Crippen molar-refractivity contribution in [2.75, 3.05) is 6.61 Å². The second kappa shape index (κ2) is 10.5. The molecular formula is C19H16Br2ClNO4. The van der Waals surface area contributed by atoms with Gasteiger partial charge in [-0.2, -0.15) is 0 Å². The molecule has 0 spiro atoms. The van der Waals surface area contributed by atoms with Gasteiger partial charge in [0.05, 0.1) is 8.41 Å². The van der Waals surface area contributed by atoms with Crippen LogP contribution >= 0.6 is 43.5 Å². The van der Waals surface area contributed by atoms with Crippen LogP contribution in [0.5, 0.6) is 5.75 Å². The molecule has 0 saturated carbocycles. The average Bonchev–Trinajstić information content (AvgIpc) is 2.62. The van der Waals surface area contributed by atoms with E-state index in [4.69, 9.17) is 21.2 Å². The summed E-state index contributed by atoms with van der Waals surface area (Å²) in [5, 5.41) is 13.7. The Bertz CT molecular complexity index is 880. The number of carboxylic acid groups (broad SMARTS) is 1. The Kier molecular flexibility index (Phi) is 8.34. The van der Waals surface area contributed by atoms with Gasteiger partial charge in [-0.1, -0.05) is 41.0 Å². The van der Waals surface area contributed by atoms with Crippen LogP contribution in [0.1, 0.15) is 23.6 Å². The van der Waals surface area contributed by atoms with Crippen molar-refractivity contribution in [1.82, 2.24) is 0 Å². The number of oxime groups is 1. The van der Waals surface area contributed by atoms with Crippen molar-refractivity contribution in [3.8, 4) is 5.75 Å². The Labute approximate surface area is 178 Å². The molecule has 0 aliphatic carbocycles. The smallest absolute Gasteiger partial charge is 0.358 e. The second-order valence-electron chi connectivity index (χ2n) is 5.23. The first kappa shape index (κ1) is 21.5. The number of benzene rings is 2. The Balaban J connectivity index is 2.23. The fourth-order valence-electron chi connectivity index (χ4n) is 2.20. The quantitative estimate of drug-likeness (QED) is 0.353. The van der Waals surface area contributed by atoms with E-state index in [0.29, 0.717) is 21.9 Å². The molecule has 142 valence electrons. The molecule has 2 aromatic rings. The zero-order valence-electron chi connectivity index (χ0n) is 14.3. The SMILES string of the molecule is CCON=C(C(=O)O)c1ccccc1COc1ccc(C=C(Br)Br)c(Cl)c1. The van der Waals surface area contributed by atoms with Crippen molar-refractivity contribution in [3.05, 3.63) is 67.6 Å². The van der Waals surface area contributed by atoms with Crippen LogP contribution < -0.4 is 4.74 Å². The Morgan fingerprint density at radius 3 is 2.63 bits per heavy atom. The number of hydrogen-bond acceptors (Lipinski definition) is 4. The first-order valence-electron chi connectivity index (χ1n) is 7.89. The highest BCUT2D eigenvalue weighted by Gasteiger charge is 2.17.